The Balaban J connectivity index is 1.78. The second kappa shape index (κ2) is 8.10. The van der Waals surface area contributed by atoms with Gasteiger partial charge in [0.1, 0.15) is 17.1 Å². The molecular formula is C18H18FNO4. The minimum absolute atomic E-state index is 0.00848. The molecule has 0 bridgehead atoms. The van der Waals surface area contributed by atoms with E-state index in [1.807, 2.05) is 0 Å². The number of nitrogens with one attached hydrogen (secondary N) is 1. The number of hydrogen-bond donors (Lipinski definition) is 2. The number of aromatic hydroxyl groups is 1. The number of amides is 1. The van der Waals surface area contributed by atoms with Crippen LogP contribution in [0.15, 0.2) is 42.5 Å². The number of ether oxygens (including phenoxy) is 1. The van der Waals surface area contributed by atoms with Crippen molar-refractivity contribution in [2.45, 2.75) is 13.3 Å². The van der Waals surface area contributed by atoms with Gasteiger partial charge in [-0.25, -0.2) is 9.18 Å². The predicted molar refractivity (Wildman–Crippen MR) is 86.2 cm³/mol. The molecule has 6 heteroatoms. The molecule has 0 atom stereocenters. The van der Waals surface area contributed by atoms with Crippen LogP contribution in [0.3, 0.4) is 0 Å². The SMILES string of the molecule is Cc1ccc(O)c(C(=O)OCC(=O)NCCc2ccccc2F)c1. The van der Waals surface area contributed by atoms with Crippen molar-refractivity contribution in [3.63, 3.8) is 0 Å². The number of carbonyl (C=O) groups excluding carboxylic acids is 2. The van der Waals surface area contributed by atoms with Crippen molar-refractivity contribution in [1.29, 1.82) is 0 Å². The molecule has 0 saturated heterocycles. The fourth-order valence-corrected chi connectivity index (χ4v) is 2.11. The van der Waals surface area contributed by atoms with Crippen LogP contribution < -0.4 is 5.32 Å². The van der Waals surface area contributed by atoms with Crippen molar-refractivity contribution in [2.24, 2.45) is 0 Å². The number of rotatable bonds is 6. The molecule has 0 saturated carbocycles. The van der Waals surface area contributed by atoms with Crippen LogP contribution in [0, 0.1) is 12.7 Å². The van der Waals surface area contributed by atoms with Gasteiger partial charge in [-0.1, -0.05) is 29.8 Å². The Bertz CT molecular complexity index is 746. The van der Waals surface area contributed by atoms with Gasteiger partial charge in [0, 0.05) is 6.54 Å². The van der Waals surface area contributed by atoms with E-state index in [0.29, 0.717) is 12.0 Å². The summed E-state index contributed by atoms with van der Waals surface area (Å²) in [6.07, 6.45) is 0.338. The van der Waals surface area contributed by atoms with E-state index >= 15 is 0 Å². The van der Waals surface area contributed by atoms with Crippen LogP contribution in [0.4, 0.5) is 4.39 Å². The third kappa shape index (κ3) is 4.81. The van der Waals surface area contributed by atoms with Crippen LogP contribution in [0.2, 0.25) is 0 Å². The third-order valence-corrected chi connectivity index (χ3v) is 3.38. The largest absolute Gasteiger partial charge is 0.507 e. The highest BCUT2D eigenvalue weighted by atomic mass is 19.1. The van der Waals surface area contributed by atoms with E-state index in [-0.39, 0.29) is 23.7 Å². The first-order chi connectivity index (χ1) is 11.5. The van der Waals surface area contributed by atoms with E-state index in [4.69, 9.17) is 4.74 Å². The summed E-state index contributed by atoms with van der Waals surface area (Å²) in [6.45, 7) is 1.53. The molecule has 126 valence electrons. The van der Waals surface area contributed by atoms with Crippen molar-refractivity contribution >= 4 is 11.9 Å². The van der Waals surface area contributed by atoms with Crippen molar-refractivity contribution < 1.29 is 23.8 Å². The lowest BCUT2D eigenvalue weighted by atomic mass is 10.1. The molecule has 24 heavy (non-hydrogen) atoms. The summed E-state index contributed by atoms with van der Waals surface area (Å²) in [6, 6.07) is 10.8. The van der Waals surface area contributed by atoms with Crippen molar-refractivity contribution in [3.8, 4) is 5.75 Å². The molecule has 2 aromatic carbocycles. The number of hydrogen-bond acceptors (Lipinski definition) is 4. The van der Waals surface area contributed by atoms with E-state index < -0.39 is 18.5 Å². The maximum absolute atomic E-state index is 13.4. The average Bonchev–Trinajstić information content (AvgIpc) is 2.56. The number of phenols is 1. The Labute approximate surface area is 139 Å². The third-order valence-electron chi connectivity index (χ3n) is 3.38. The Kier molecular flexibility index (Phi) is 5.89. The number of esters is 1. The molecule has 2 rings (SSSR count). The summed E-state index contributed by atoms with van der Waals surface area (Å²) < 4.78 is 18.3. The Morgan fingerprint density at radius 2 is 1.96 bits per heavy atom. The quantitative estimate of drug-likeness (QED) is 0.797. The van der Waals surface area contributed by atoms with Gasteiger partial charge in [0.05, 0.1) is 0 Å². The van der Waals surface area contributed by atoms with Gasteiger partial charge in [0.2, 0.25) is 0 Å². The standard InChI is InChI=1S/C18H18FNO4/c1-12-6-7-16(21)14(10-12)18(23)24-11-17(22)20-9-8-13-4-2-3-5-15(13)19/h2-7,10,21H,8-9,11H2,1H3,(H,20,22). The molecule has 0 heterocycles. The smallest absolute Gasteiger partial charge is 0.342 e. The summed E-state index contributed by atoms with van der Waals surface area (Å²) in [5.74, 6) is -1.80. The second-order valence-electron chi connectivity index (χ2n) is 5.29. The van der Waals surface area contributed by atoms with E-state index in [9.17, 15) is 19.1 Å². The summed E-state index contributed by atoms with van der Waals surface area (Å²) in [7, 11) is 0. The van der Waals surface area contributed by atoms with Crippen LogP contribution in [0.1, 0.15) is 21.5 Å². The lowest BCUT2D eigenvalue weighted by molar-refractivity contribution is -0.124. The fraction of sp³-hybridized carbons (Fsp3) is 0.222. The molecule has 0 radical (unpaired) electrons. The van der Waals surface area contributed by atoms with Gasteiger partial charge < -0.3 is 15.2 Å². The van der Waals surface area contributed by atoms with Crippen molar-refractivity contribution in [2.75, 3.05) is 13.2 Å². The summed E-state index contributed by atoms with van der Waals surface area (Å²) in [5.41, 5.74) is 1.29. The van der Waals surface area contributed by atoms with Crippen LogP contribution >= 0.6 is 0 Å². The van der Waals surface area contributed by atoms with Crippen molar-refractivity contribution in [1.82, 2.24) is 5.32 Å². The van der Waals surface area contributed by atoms with Gasteiger partial charge in [0.25, 0.3) is 5.91 Å². The molecule has 2 N–H and O–H groups in total. The zero-order valence-corrected chi connectivity index (χ0v) is 13.2. The van der Waals surface area contributed by atoms with E-state index in [1.54, 1.807) is 31.2 Å². The lowest BCUT2D eigenvalue weighted by Gasteiger charge is -2.08. The van der Waals surface area contributed by atoms with Gasteiger partial charge in [-0.05, 0) is 37.1 Å². The highest BCUT2D eigenvalue weighted by molar-refractivity contribution is 5.94. The van der Waals surface area contributed by atoms with E-state index in [0.717, 1.165) is 5.56 Å². The molecule has 0 spiro atoms. The molecule has 0 aliphatic rings. The zero-order valence-electron chi connectivity index (χ0n) is 13.2. The first kappa shape index (κ1) is 17.5. The second-order valence-corrected chi connectivity index (χ2v) is 5.29. The molecule has 5 nitrogen and oxygen atoms in total. The number of phenolic OH excluding ortho intramolecular Hbond substituents is 1. The summed E-state index contributed by atoms with van der Waals surface area (Å²) in [5, 5.41) is 12.2. The van der Waals surface area contributed by atoms with Gasteiger partial charge >= 0.3 is 5.97 Å². The van der Waals surface area contributed by atoms with Crippen molar-refractivity contribution in [3.05, 3.63) is 65.0 Å². The summed E-state index contributed by atoms with van der Waals surface area (Å²) in [4.78, 5) is 23.5. The first-order valence-electron chi connectivity index (χ1n) is 7.44. The molecule has 0 aliphatic heterocycles. The minimum atomic E-state index is -0.777. The lowest BCUT2D eigenvalue weighted by Crippen LogP contribution is -2.30. The maximum Gasteiger partial charge on any atom is 0.342 e. The monoisotopic (exact) mass is 331 g/mol. The molecule has 1 amide bonds. The van der Waals surface area contributed by atoms with E-state index in [2.05, 4.69) is 5.32 Å². The predicted octanol–water partition coefficient (Wildman–Crippen LogP) is 2.36. The highest BCUT2D eigenvalue weighted by Crippen LogP contribution is 2.18. The van der Waals surface area contributed by atoms with Crippen LogP contribution in [-0.2, 0) is 16.0 Å². The Morgan fingerprint density at radius 3 is 2.71 bits per heavy atom. The van der Waals surface area contributed by atoms with Gasteiger partial charge in [0.15, 0.2) is 6.61 Å². The molecule has 0 unspecified atom stereocenters. The number of benzene rings is 2. The summed E-state index contributed by atoms with van der Waals surface area (Å²) >= 11 is 0. The van der Waals surface area contributed by atoms with E-state index in [1.165, 1.54) is 18.2 Å². The van der Waals surface area contributed by atoms with Gasteiger partial charge in [-0.3, -0.25) is 4.79 Å². The van der Waals surface area contributed by atoms with Crippen LogP contribution in [-0.4, -0.2) is 30.1 Å². The molecule has 2 aromatic rings. The highest BCUT2D eigenvalue weighted by Gasteiger charge is 2.14. The Morgan fingerprint density at radius 1 is 1.21 bits per heavy atom. The molecule has 0 aliphatic carbocycles. The number of aryl methyl sites for hydroxylation is 1. The number of halogens is 1. The molecule has 0 fully saturated rings. The minimum Gasteiger partial charge on any atom is -0.507 e. The zero-order chi connectivity index (χ0) is 17.5. The van der Waals surface area contributed by atoms with Gasteiger partial charge in [-0.2, -0.15) is 0 Å². The fourth-order valence-electron chi connectivity index (χ4n) is 2.11. The topological polar surface area (TPSA) is 75.6 Å². The normalized spacial score (nSPS) is 10.2. The molecular weight excluding hydrogens is 313 g/mol. The maximum atomic E-state index is 13.4. The number of carbonyl (C=O) groups is 2. The van der Waals surface area contributed by atoms with Crippen LogP contribution in [0.25, 0.3) is 0 Å². The van der Waals surface area contributed by atoms with Crippen LogP contribution in [0.5, 0.6) is 5.75 Å². The Hall–Kier alpha value is -2.89. The molecule has 0 aromatic heterocycles. The first-order valence-corrected chi connectivity index (χ1v) is 7.44. The average molecular weight is 331 g/mol. The van der Waals surface area contributed by atoms with Gasteiger partial charge in [-0.15, -0.1) is 0 Å².